The van der Waals surface area contributed by atoms with Gasteiger partial charge in [-0.3, -0.25) is 10.1 Å². The number of hydrogen-bond donors (Lipinski definition) is 1. The van der Waals surface area contributed by atoms with Crippen LogP contribution in [0, 0.1) is 37.8 Å². The molecular weight excluding hydrogens is 404 g/mol. The van der Waals surface area contributed by atoms with Crippen LogP contribution in [0.1, 0.15) is 28.1 Å². The molecule has 0 radical (unpaired) electrons. The van der Waals surface area contributed by atoms with Crippen molar-refractivity contribution in [3.05, 3.63) is 86.7 Å². The van der Waals surface area contributed by atoms with Crippen LogP contribution in [0.5, 0.6) is 0 Å². The van der Waals surface area contributed by atoms with E-state index in [0.29, 0.717) is 5.56 Å². The summed E-state index contributed by atoms with van der Waals surface area (Å²) in [5.74, 6) is 0. The minimum Gasteiger partial charge on any atom is -0.318 e. The van der Waals surface area contributed by atoms with Crippen molar-refractivity contribution in [1.29, 1.82) is 0 Å². The lowest BCUT2D eigenvalue weighted by molar-refractivity contribution is -0.385. The van der Waals surface area contributed by atoms with Gasteiger partial charge < -0.3 is 4.57 Å². The number of aromatic nitrogens is 1. The van der Waals surface area contributed by atoms with Gasteiger partial charge in [-0.15, -0.1) is 0 Å². The van der Waals surface area contributed by atoms with E-state index in [-0.39, 0.29) is 10.6 Å². The lowest BCUT2D eigenvalue weighted by Gasteiger charge is -2.09. The number of benzene rings is 2. The Kier molecular flexibility index (Phi) is 5.75. The van der Waals surface area contributed by atoms with Gasteiger partial charge >= 0.3 is 0 Å². The zero-order valence-corrected chi connectivity index (χ0v) is 17.9. The Morgan fingerprint density at radius 1 is 1.03 bits per heavy atom. The SMILES string of the molecule is Cc1ccc(-n2c(C)cc(C=NNS(=O)(=O)c3ccc(C)c([N+](=O)[O-])c3)c2C)cc1. The average Bonchev–Trinajstić information content (AvgIpc) is 2.96. The van der Waals surface area contributed by atoms with Crippen molar-refractivity contribution >= 4 is 21.9 Å². The summed E-state index contributed by atoms with van der Waals surface area (Å²) < 4.78 is 27.0. The van der Waals surface area contributed by atoms with Gasteiger partial charge in [0.2, 0.25) is 0 Å². The number of hydrogen-bond acceptors (Lipinski definition) is 5. The Bertz CT molecular complexity index is 1240. The molecule has 2 aromatic carbocycles. The van der Waals surface area contributed by atoms with Crippen molar-refractivity contribution in [2.45, 2.75) is 32.6 Å². The zero-order valence-electron chi connectivity index (χ0n) is 17.1. The van der Waals surface area contributed by atoms with Crippen LogP contribution in [0.25, 0.3) is 5.69 Å². The highest BCUT2D eigenvalue weighted by atomic mass is 32.2. The van der Waals surface area contributed by atoms with E-state index >= 15 is 0 Å². The third kappa shape index (κ3) is 4.25. The summed E-state index contributed by atoms with van der Waals surface area (Å²) in [7, 11) is -4.04. The third-order valence-corrected chi connectivity index (χ3v) is 6.05. The van der Waals surface area contributed by atoms with Crippen LogP contribution >= 0.6 is 0 Å². The molecule has 0 aliphatic rings. The number of nitrogens with zero attached hydrogens (tertiary/aromatic N) is 3. The second-order valence-corrected chi connectivity index (χ2v) is 8.72. The minimum absolute atomic E-state index is 0.220. The molecule has 0 aliphatic heterocycles. The maximum atomic E-state index is 12.5. The minimum atomic E-state index is -4.04. The molecule has 1 N–H and O–H groups in total. The first-order valence-electron chi connectivity index (χ1n) is 9.16. The van der Waals surface area contributed by atoms with E-state index in [0.717, 1.165) is 34.3 Å². The fourth-order valence-corrected chi connectivity index (χ4v) is 3.99. The Labute approximate surface area is 175 Å². The molecular formula is C21H22N4O4S. The normalized spacial score (nSPS) is 11.7. The van der Waals surface area contributed by atoms with Gasteiger partial charge in [0.15, 0.2) is 0 Å². The molecule has 0 bridgehead atoms. The number of nitrogens with one attached hydrogen (secondary N) is 1. The number of rotatable bonds is 6. The van der Waals surface area contributed by atoms with Crippen LogP contribution in [0.3, 0.4) is 0 Å². The molecule has 30 heavy (non-hydrogen) atoms. The predicted molar refractivity (Wildman–Crippen MR) is 116 cm³/mol. The second-order valence-electron chi connectivity index (χ2n) is 7.06. The van der Waals surface area contributed by atoms with Gasteiger partial charge in [-0.2, -0.15) is 13.5 Å². The van der Waals surface area contributed by atoms with Gasteiger partial charge in [0.1, 0.15) is 0 Å². The Morgan fingerprint density at radius 3 is 2.33 bits per heavy atom. The maximum Gasteiger partial charge on any atom is 0.276 e. The fourth-order valence-electron chi connectivity index (χ4n) is 3.18. The summed E-state index contributed by atoms with van der Waals surface area (Å²) in [6.07, 6.45) is 1.42. The molecule has 1 aromatic heterocycles. The Balaban J connectivity index is 1.85. The summed E-state index contributed by atoms with van der Waals surface area (Å²) in [5.41, 5.74) is 4.93. The van der Waals surface area contributed by atoms with Crippen molar-refractivity contribution in [3.8, 4) is 5.69 Å². The summed E-state index contributed by atoms with van der Waals surface area (Å²) in [6.45, 7) is 7.45. The van der Waals surface area contributed by atoms with E-state index in [4.69, 9.17) is 0 Å². The van der Waals surface area contributed by atoms with Gasteiger partial charge in [0.25, 0.3) is 15.7 Å². The molecule has 9 heteroatoms. The molecule has 1 heterocycles. The molecule has 0 atom stereocenters. The van der Waals surface area contributed by atoms with E-state index in [1.165, 1.54) is 18.3 Å². The van der Waals surface area contributed by atoms with Gasteiger partial charge in [-0.25, -0.2) is 4.83 Å². The predicted octanol–water partition coefficient (Wildman–Crippen LogP) is 3.93. The number of hydrazone groups is 1. The number of sulfonamides is 1. The molecule has 8 nitrogen and oxygen atoms in total. The fraction of sp³-hybridized carbons (Fsp3) is 0.190. The van der Waals surface area contributed by atoms with Crippen LogP contribution in [0.2, 0.25) is 0 Å². The van der Waals surface area contributed by atoms with Crippen molar-refractivity contribution in [1.82, 2.24) is 9.40 Å². The first kappa shape index (κ1) is 21.3. The monoisotopic (exact) mass is 426 g/mol. The molecule has 0 saturated carbocycles. The molecule has 0 saturated heterocycles. The number of aryl methyl sites for hydroxylation is 3. The molecule has 0 fully saturated rings. The largest absolute Gasteiger partial charge is 0.318 e. The van der Waals surface area contributed by atoms with E-state index < -0.39 is 14.9 Å². The molecule has 0 spiro atoms. The first-order valence-corrected chi connectivity index (χ1v) is 10.6. The summed E-state index contributed by atoms with van der Waals surface area (Å²) in [5, 5.41) is 14.9. The lowest BCUT2D eigenvalue weighted by Crippen LogP contribution is -2.18. The van der Waals surface area contributed by atoms with Crippen molar-refractivity contribution in [2.24, 2.45) is 5.10 Å². The van der Waals surface area contributed by atoms with Gasteiger partial charge in [-0.1, -0.05) is 23.8 Å². The maximum absolute atomic E-state index is 12.5. The molecule has 156 valence electrons. The number of nitro groups is 1. The summed E-state index contributed by atoms with van der Waals surface area (Å²) >= 11 is 0. The molecule has 0 unspecified atom stereocenters. The van der Waals surface area contributed by atoms with Gasteiger partial charge in [-0.05, 0) is 52.0 Å². The Hall–Kier alpha value is -3.46. The van der Waals surface area contributed by atoms with Crippen LogP contribution in [0.4, 0.5) is 5.69 Å². The highest BCUT2D eigenvalue weighted by Crippen LogP contribution is 2.22. The van der Waals surface area contributed by atoms with E-state index in [9.17, 15) is 18.5 Å². The van der Waals surface area contributed by atoms with Gasteiger partial charge in [0.05, 0.1) is 16.0 Å². The van der Waals surface area contributed by atoms with Crippen LogP contribution < -0.4 is 4.83 Å². The topological polar surface area (TPSA) is 107 Å². The quantitative estimate of drug-likeness (QED) is 0.366. The first-order chi connectivity index (χ1) is 14.1. The van der Waals surface area contributed by atoms with Crippen molar-refractivity contribution in [3.63, 3.8) is 0 Å². The average molecular weight is 426 g/mol. The van der Waals surface area contributed by atoms with Crippen LogP contribution in [0.15, 0.2) is 58.5 Å². The van der Waals surface area contributed by atoms with E-state index in [1.54, 1.807) is 6.92 Å². The van der Waals surface area contributed by atoms with Crippen molar-refractivity contribution < 1.29 is 13.3 Å². The molecule has 0 aliphatic carbocycles. The third-order valence-electron chi connectivity index (χ3n) is 4.83. The summed E-state index contributed by atoms with van der Waals surface area (Å²) in [4.78, 5) is 12.4. The standard InChI is InChI=1S/C21H22N4O4S/c1-14-5-8-19(9-6-14)24-16(3)11-18(17(24)4)13-22-23-30(28,29)20-10-7-15(2)21(12-20)25(26)27/h5-13,23H,1-4H3. The zero-order chi connectivity index (χ0) is 22.1. The van der Waals surface area contributed by atoms with Crippen LogP contribution in [-0.2, 0) is 10.0 Å². The van der Waals surface area contributed by atoms with Crippen molar-refractivity contribution in [2.75, 3.05) is 0 Å². The lowest BCUT2D eigenvalue weighted by atomic mass is 10.2. The molecule has 0 amide bonds. The number of nitro benzene ring substituents is 1. The summed E-state index contributed by atoms with van der Waals surface area (Å²) in [6, 6.07) is 13.7. The van der Waals surface area contributed by atoms with E-state index in [2.05, 4.69) is 14.5 Å². The molecule has 3 rings (SSSR count). The highest BCUT2D eigenvalue weighted by molar-refractivity contribution is 7.89. The smallest absolute Gasteiger partial charge is 0.276 e. The van der Waals surface area contributed by atoms with Gasteiger partial charge in [0, 0.05) is 34.3 Å². The van der Waals surface area contributed by atoms with Crippen LogP contribution in [-0.4, -0.2) is 24.1 Å². The molecule has 3 aromatic rings. The second kappa shape index (κ2) is 8.11. The van der Waals surface area contributed by atoms with E-state index in [1.807, 2.05) is 51.1 Å². The highest BCUT2D eigenvalue weighted by Gasteiger charge is 2.19. The Morgan fingerprint density at radius 2 is 1.70 bits per heavy atom.